The monoisotopic (exact) mass is 206 g/mol. The van der Waals surface area contributed by atoms with Crippen LogP contribution < -0.4 is 4.89 Å². The van der Waals surface area contributed by atoms with Crippen LogP contribution in [-0.4, -0.2) is 18.1 Å². The molecule has 1 rings (SSSR count). The van der Waals surface area contributed by atoms with Crippen molar-refractivity contribution in [3.05, 3.63) is 24.3 Å². The Balaban J connectivity index is 2.61. The third kappa shape index (κ3) is 3.74. The summed E-state index contributed by atoms with van der Waals surface area (Å²) in [7, 11) is -4.62. The van der Waals surface area contributed by atoms with Crippen molar-refractivity contribution in [3.8, 4) is 11.5 Å². The maximum Gasteiger partial charge on any atom is 0.432 e. The average molecular weight is 206 g/mol. The lowest BCUT2D eigenvalue weighted by Crippen LogP contribution is -2.06. The van der Waals surface area contributed by atoms with Crippen molar-refractivity contribution < 1.29 is 27.3 Å². The summed E-state index contributed by atoms with van der Waals surface area (Å²) >= 11 is 0. The molecule has 0 bridgehead atoms. The van der Waals surface area contributed by atoms with Crippen LogP contribution in [0.5, 0.6) is 11.5 Å². The molecule has 13 heavy (non-hydrogen) atoms. The SMILES string of the molecule is O=S(=O)(O)OOc1ccc(O)cc1. The molecule has 0 radical (unpaired) electrons. The summed E-state index contributed by atoms with van der Waals surface area (Å²) in [6, 6.07) is 5.06. The van der Waals surface area contributed by atoms with E-state index >= 15 is 0 Å². The Labute approximate surface area is 74.2 Å². The third-order valence-corrected chi connectivity index (χ3v) is 1.29. The topological polar surface area (TPSA) is 93.1 Å². The zero-order chi connectivity index (χ0) is 9.90. The Morgan fingerprint density at radius 2 is 1.69 bits per heavy atom. The first-order valence-corrected chi connectivity index (χ1v) is 4.46. The highest BCUT2D eigenvalue weighted by Crippen LogP contribution is 2.16. The van der Waals surface area contributed by atoms with Crippen LogP contribution in [0.1, 0.15) is 0 Å². The highest BCUT2D eigenvalue weighted by molar-refractivity contribution is 7.80. The second-order valence-corrected chi connectivity index (χ2v) is 3.06. The van der Waals surface area contributed by atoms with Gasteiger partial charge in [-0.05, 0) is 28.6 Å². The number of hydrogen-bond acceptors (Lipinski definition) is 5. The van der Waals surface area contributed by atoms with Crippen molar-refractivity contribution in [3.63, 3.8) is 0 Å². The summed E-state index contributed by atoms with van der Waals surface area (Å²) in [5.41, 5.74) is 0. The maximum atomic E-state index is 10.0. The summed E-state index contributed by atoms with van der Waals surface area (Å²) in [5, 5.41) is 8.82. The van der Waals surface area contributed by atoms with Gasteiger partial charge in [-0.3, -0.25) is 4.55 Å². The Hall–Kier alpha value is -1.31. The fraction of sp³-hybridized carbons (Fsp3) is 0. The van der Waals surface area contributed by atoms with Crippen LogP contribution in [0.2, 0.25) is 0 Å². The molecule has 0 spiro atoms. The van der Waals surface area contributed by atoms with Crippen LogP contribution in [0.4, 0.5) is 0 Å². The van der Waals surface area contributed by atoms with Crippen LogP contribution in [0.25, 0.3) is 0 Å². The van der Waals surface area contributed by atoms with Gasteiger partial charge in [0, 0.05) is 0 Å². The van der Waals surface area contributed by atoms with E-state index in [1.54, 1.807) is 0 Å². The molecule has 0 unspecified atom stereocenters. The first-order chi connectivity index (χ1) is 5.97. The highest BCUT2D eigenvalue weighted by atomic mass is 32.3. The van der Waals surface area contributed by atoms with Gasteiger partial charge in [0.15, 0.2) is 5.75 Å². The standard InChI is InChI=1S/C6H6O6S/c7-5-1-3-6(4-2-5)11-12-13(8,9)10/h1-4,7H,(H,8,9,10). The fourth-order valence-electron chi connectivity index (χ4n) is 0.584. The number of rotatable bonds is 3. The molecule has 0 saturated carbocycles. The fourth-order valence-corrected chi connectivity index (χ4v) is 0.749. The average Bonchev–Trinajstić information content (AvgIpc) is 2.02. The number of aromatic hydroxyl groups is 1. The van der Waals surface area contributed by atoms with Crippen molar-refractivity contribution in [2.75, 3.05) is 0 Å². The molecule has 7 heteroatoms. The van der Waals surface area contributed by atoms with Crippen molar-refractivity contribution in [1.29, 1.82) is 0 Å². The Kier molecular flexibility index (Phi) is 2.71. The minimum Gasteiger partial charge on any atom is -0.508 e. The van der Waals surface area contributed by atoms with Crippen molar-refractivity contribution >= 4 is 10.4 Å². The third-order valence-electron chi connectivity index (χ3n) is 1.05. The number of benzene rings is 1. The minimum absolute atomic E-state index is 0.000736. The molecule has 0 fully saturated rings. The van der Waals surface area contributed by atoms with Gasteiger partial charge >= 0.3 is 10.4 Å². The van der Waals surface area contributed by atoms with Crippen molar-refractivity contribution in [2.45, 2.75) is 0 Å². The van der Waals surface area contributed by atoms with E-state index in [0.29, 0.717) is 0 Å². The molecule has 0 aliphatic rings. The van der Waals surface area contributed by atoms with Gasteiger partial charge in [0.05, 0.1) is 0 Å². The minimum atomic E-state index is -4.62. The van der Waals surface area contributed by atoms with E-state index in [9.17, 15) is 8.42 Å². The first kappa shape index (κ1) is 9.78. The van der Waals surface area contributed by atoms with Crippen LogP contribution in [0, 0.1) is 0 Å². The molecule has 0 heterocycles. The molecule has 0 aliphatic heterocycles. The van der Waals surface area contributed by atoms with Gasteiger partial charge in [0.1, 0.15) is 5.75 Å². The van der Waals surface area contributed by atoms with Crippen LogP contribution in [0.3, 0.4) is 0 Å². The predicted molar refractivity (Wildman–Crippen MR) is 41.4 cm³/mol. The molecule has 0 amide bonds. The molecule has 0 atom stereocenters. The van der Waals surface area contributed by atoms with E-state index in [-0.39, 0.29) is 11.5 Å². The summed E-state index contributed by atoms with van der Waals surface area (Å²) in [6.45, 7) is 0. The van der Waals surface area contributed by atoms with Crippen molar-refractivity contribution in [2.24, 2.45) is 0 Å². The predicted octanol–water partition coefficient (Wildman–Crippen LogP) is 0.505. The summed E-state index contributed by atoms with van der Waals surface area (Å²) in [4.78, 5) is 4.18. The molecule has 0 aliphatic carbocycles. The largest absolute Gasteiger partial charge is 0.508 e. The molecular weight excluding hydrogens is 200 g/mol. The van der Waals surface area contributed by atoms with Gasteiger partial charge in [-0.2, -0.15) is 8.42 Å². The number of hydrogen-bond donors (Lipinski definition) is 2. The van der Waals surface area contributed by atoms with E-state index in [1.807, 2.05) is 0 Å². The Morgan fingerprint density at radius 1 is 1.15 bits per heavy atom. The van der Waals surface area contributed by atoms with Crippen LogP contribution in [-0.2, 0) is 14.7 Å². The van der Waals surface area contributed by atoms with Gasteiger partial charge in [-0.25, -0.2) is 0 Å². The van der Waals surface area contributed by atoms with Gasteiger partial charge in [-0.1, -0.05) is 0 Å². The quantitative estimate of drug-likeness (QED) is 0.425. The van der Waals surface area contributed by atoms with Gasteiger partial charge in [0.2, 0.25) is 0 Å². The van der Waals surface area contributed by atoms with E-state index in [1.165, 1.54) is 24.3 Å². The van der Waals surface area contributed by atoms with Gasteiger partial charge in [0.25, 0.3) is 0 Å². The summed E-state index contributed by atoms with van der Waals surface area (Å²) in [5.74, 6) is 0.0367. The second kappa shape index (κ2) is 3.60. The van der Waals surface area contributed by atoms with Crippen LogP contribution >= 0.6 is 0 Å². The highest BCUT2D eigenvalue weighted by Gasteiger charge is 2.06. The lowest BCUT2D eigenvalue weighted by Gasteiger charge is -2.00. The molecule has 1 aromatic carbocycles. The lowest BCUT2D eigenvalue weighted by atomic mass is 10.3. The van der Waals surface area contributed by atoms with Gasteiger partial charge in [-0.15, -0.1) is 0 Å². The molecule has 72 valence electrons. The molecule has 6 nitrogen and oxygen atoms in total. The van der Waals surface area contributed by atoms with E-state index in [4.69, 9.17) is 9.66 Å². The van der Waals surface area contributed by atoms with Gasteiger partial charge < -0.3 is 9.99 Å². The van der Waals surface area contributed by atoms with Crippen molar-refractivity contribution in [1.82, 2.24) is 0 Å². The normalized spacial score (nSPS) is 11.2. The molecule has 1 aromatic rings. The summed E-state index contributed by atoms with van der Waals surface area (Å²) < 4.78 is 31.8. The lowest BCUT2D eigenvalue weighted by molar-refractivity contribution is -0.102. The maximum absolute atomic E-state index is 10.0. The zero-order valence-corrected chi connectivity index (χ0v) is 7.06. The second-order valence-electron chi connectivity index (χ2n) is 2.07. The van der Waals surface area contributed by atoms with E-state index in [0.717, 1.165) is 0 Å². The zero-order valence-electron chi connectivity index (χ0n) is 6.25. The number of phenolic OH excluding ortho intramolecular Hbond substituents is 1. The molecular formula is C6H6O6S. The molecule has 0 saturated heterocycles. The van der Waals surface area contributed by atoms with Crippen LogP contribution in [0.15, 0.2) is 24.3 Å². The Bertz CT molecular complexity index is 367. The molecule has 2 N–H and O–H groups in total. The summed E-state index contributed by atoms with van der Waals surface area (Å²) in [6.07, 6.45) is 0. The number of phenols is 1. The smallest absolute Gasteiger partial charge is 0.432 e. The van der Waals surface area contributed by atoms with E-state index in [2.05, 4.69) is 9.22 Å². The first-order valence-electron chi connectivity index (χ1n) is 3.10. The Morgan fingerprint density at radius 3 is 2.15 bits per heavy atom. The molecule has 0 aromatic heterocycles. The van der Waals surface area contributed by atoms with E-state index < -0.39 is 10.4 Å².